The number of nitro benzene ring substituents is 1. The van der Waals surface area contributed by atoms with E-state index >= 15 is 0 Å². The first-order chi connectivity index (χ1) is 18.1. The number of nitrogens with one attached hydrogen (secondary N) is 1. The minimum Gasteiger partial charge on any atom is -0.455 e. The molecule has 0 unspecified atom stereocenters. The van der Waals surface area contributed by atoms with Gasteiger partial charge in [0.2, 0.25) is 0 Å². The predicted molar refractivity (Wildman–Crippen MR) is 132 cm³/mol. The van der Waals surface area contributed by atoms with Crippen LogP contribution in [0.5, 0.6) is 11.5 Å². The number of nitro groups is 1. The average Bonchev–Trinajstić information content (AvgIpc) is 3.53. The average molecular weight is 561 g/mol. The summed E-state index contributed by atoms with van der Waals surface area (Å²) in [5.41, 5.74) is -2.11. The van der Waals surface area contributed by atoms with Gasteiger partial charge in [0.05, 0.1) is 38.5 Å². The molecule has 192 valence electrons. The van der Waals surface area contributed by atoms with Gasteiger partial charge in [0.25, 0.3) is 11.6 Å². The molecule has 1 N–H and O–H groups in total. The number of thiophene rings is 1. The van der Waals surface area contributed by atoms with E-state index in [0.29, 0.717) is 9.39 Å². The van der Waals surface area contributed by atoms with Crippen LogP contribution in [0.4, 0.5) is 24.5 Å². The van der Waals surface area contributed by atoms with E-state index in [1.165, 1.54) is 35.9 Å². The fourth-order valence-corrected chi connectivity index (χ4v) is 4.29. The lowest BCUT2D eigenvalue weighted by molar-refractivity contribution is -0.384. The molecule has 1 amide bonds. The first-order valence-electron chi connectivity index (χ1n) is 10.5. The molecule has 0 fully saturated rings. The normalized spacial score (nSPS) is 11.5. The predicted octanol–water partition coefficient (Wildman–Crippen LogP) is 6.48. The number of anilines is 1. The highest BCUT2D eigenvalue weighted by Crippen LogP contribution is 2.34. The zero-order chi connectivity index (χ0) is 27.0. The lowest BCUT2D eigenvalue weighted by atomic mass is 10.2. The van der Waals surface area contributed by atoms with Crippen molar-refractivity contribution in [1.29, 1.82) is 0 Å². The lowest BCUT2D eigenvalue weighted by Crippen LogP contribution is -2.15. The number of pyridine rings is 1. The highest BCUT2D eigenvalue weighted by Gasteiger charge is 2.36. The summed E-state index contributed by atoms with van der Waals surface area (Å²) in [5.74, 6) is -0.754. The maximum atomic E-state index is 13.8. The lowest BCUT2D eigenvalue weighted by Gasteiger charge is -2.10. The standard InChI is InChI=1S/C23H12ClF3N6O4S/c24-12-4-16(11-28-10-12)37-15-6-13(5-14(7-15)33(35)36)29-22(34)18-9-21-30-17(19-2-1-3-38-19)8-20(23(25,26)27)32(21)31-18/h1-11H,(H,29,34). The number of ether oxygens (including phenoxy) is 1. The zero-order valence-corrected chi connectivity index (χ0v) is 20.2. The SMILES string of the molecule is O=C(Nc1cc(Oc2cncc(Cl)c2)cc([N+](=O)[O-])c1)c1cc2nc(-c3cccs3)cc(C(F)(F)F)n2n1. The van der Waals surface area contributed by atoms with E-state index in [9.17, 15) is 28.1 Å². The van der Waals surface area contributed by atoms with Crippen molar-refractivity contribution in [3.8, 4) is 22.1 Å². The van der Waals surface area contributed by atoms with Gasteiger partial charge in [-0.05, 0) is 17.5 Å². The summed E-state index contributed by atoms with van der Waals surface area (Å²) in [5, 5.41) is 19.6. The topological polar surface area (TPSA) is 125 Å². The second-order valence-corrected chi connectivity index (χ2v) is 9.05. The molecule has 0 saturated carbocycles. The Labute approximate surface area is 219 Å². The fraction of sp³-hybridized carbons (Fsp3) is 0.0435. The molecule has 0 aliphatic carbocycles. The van der Waals surface area contributed by atoms with Gasteiger partial charge in [-0.25, -0.2) is 9.50 Å². The Bertz CT molecular complexity index is 1690. The van der Waals surface area contributed by atoms with Crippen LogP contribution in [0.25, 0.3) is 16.2 Å². The molecule has 0 atom stereocenters. The van der Waals surface area contributed by atoms with E-state index in [2.05, 4.69) is 20.4 Å². The number of aromatic nitrogens is 4. The van der Waals surface area contributed by atoms with Gasteiger partial charge in [0.1, 0.15) is 11.5 Å². The van der Waals surface area contributed by atoms with Crippen LogP contribution < -0.4 is 10.1 Å². The molecule has 5 rings (SSSR count). The number of halogens is 4. The maximum Gasteiger partial charge on any atom is 0.433 e. The van der Waals surface area contributed by atoms with Crippen molar-refractivity contribution in [1.82, 2.24) is 19.6 Å². The van der Waals surface area contributed by atoms with Crippen LogP contribution in [0.1, 0.15) is 16.2 Å². The van der Waals surface area contributed by atoms with Crippen molar-refractivity contribution in [3.05, 3.63) is 92.8 Å². The van der Waals surface area contributed by atoms with E-state index in [-0.39, 0.29) is 39.2 Å². The highest BCUT2D eigenvalue weighted by molar-refractivity contribution is 7.13. The van der Waals surface area contributed by atoms with Crippen LogP contribution in [0.15, 0.2) is 66.3 Å². The third-order valence-electron chi connectivity index (χ3n) is 5.00. The van der Waals surface area contributed by atoms with Crippen molar-refractivity contribution >= 4 is 45.9 Å². The Morgan fingerprint density at radius 3 is 2.63 bits per heavy atom. The van der Waals surface area contributed by atoms with E-state index in [4.69, 9.17) is 16.3 Å². The summed E-state index contributed by atoms with van der Waals surface area (Å²) >= 11 is 7.09. The smallest absolute Gasteiger partial charge is 0.433 e. The molecule has 0 radical (unpaired) electrons. The molecule has 5 aromatic rings. The molecule has 0 saturated heterocycles. The summed E-state index contributed by atoms with van der Waals surface area (Å²) in [4.78, 5) is 32.2. The number of nitrogens with zero attached hydrogens (tertiary/aromatic N) is 5. The van der Waals surface area contributed by atoms with Gasteiger partial charge in [-0.3, -0.25) is 19.9 Å². The van der Waals surface area contributed by atoms with Gasteiger partial charge in [0, 0.05) is 30.5 Å². The van der Waals surface area contributed by atoms with Crippen molar-refractivity contribution in [2.45, 2.75) is 6.18 Å². The van der Waals surface area contributed by atoms with E-state index < -0.39 is 28.4 Å². The largest absolute Gasteiger partial charge is 0.455 e. The minimum atomic E-state index is -4.78. The number of rotatable bonds is 6. The van der Waals surface area contributed by atoms with Gasteiger partial charge >= 0.3 is 6.18 Å². The number of carbonyl (C=O) groups is 1. The van der Waals surface area contributed by atoms with Crippen molar-refractivity contribution in [2.75, 3.05) is 5.32 Å². The van der Waals surface area contributed by atoms with Crippen LogP contribution in [-0.4, -0.2) is 30.4 Å². The second-order valence-electron chi connectivity index (χ2n) is 7.67. The molecule has 0 bridgehead atoms. The molecule has 10 nitrogen and oxygen atoms in total. The Morgan fingerprint density at radius 1 is 1.13 bits per heavy atom. The summed E-state index contributed by atoms with van der Waals surface area (Å²) in [7, 11) is 0. The number of alkyl halides is 3. The molecular weight excluding hydrogens is 549 g/mol. The first kappa shape index (κ1) is 25.1. The molecule has 0 aliphatic rings. The second kappa shape index (κ2) is 9.72. The van der Waals surface area contributed by atoms with Crippen LogP contribution in [0.2, 0.25) is 5.02 Å². The maximum absolute atomic E-state index is 13.8. The third-order valence-corrected chi connectivity index (χ3v) is 6.10. The van der Waals surface area contributed by atoms with Crippen molar-refractivity contribution < 1.29 is 27.6 Å². The Balaban J connectivity index is 1.49. The number of fused-ring (bicyclic) bond motifs is 1. The number of benzene rings is 1. The summed E-state index contributed by atoms with van der Waals surface area (Å²) in [6.45, 7) is 0. The summed E-state index contributed by atoms with van der Waals surface area (Å²) in [6.07, 6.45) is -2.09. The van der Waals surface area contributed by atoms with Crippen molar-refractivity contribution in [2.24, 2.45) is 0 Å². The van der Waals surface area contributed by atoms with E-state index in [0.717, 1.165) is 24.3 Å². The molecule has 15 heteroatoms. The Kier molecular flexibility index (Phi) is 6.42. The number of amides is 1. The first-order valence-corrected chi connectivity index (χ1v) is 11.7. The molecule has 1 aromatic carbocycles. The quantitative estimate of drug-likeness (QED) is 0.186. The Morgan fingerprint density at radius 2 is 1.95 bits per heavy atom. The summed E-state index contributed by atoms with van der Waals surface area (Å²) < 4.78 is 47.5. The van der Waals surface area contributed by atoms with E-state index in [1.807, 2.05) is 0 Å². The third kappa shape index (κ3) is 5.26. The molecule has 38 heavy (non-hydrogen) atoms. The number of carbonyl (C=O) groups excluding carboxylic acids is 1. The minimum absolute atomic E-state index is 0.0183. The molecular formula is C23H12ClF3N6O4S. The van der Waals surface area contributed by atoms with Crippen LogP contribution in [0.3, 0.4) is 0 Å². The monoisotopic (exact) mass is 560 g/mol. The molecule has 4 heterocycles. The van der Waals surface area contributed by atoms with Gasteiger partial charge in [-0.1, -0.05) is 17.7 Å². The van der Waals surface area contributed by atoms with E-state index in [1.54, 1.807) is 17.5 Å². The van der Waals surface area contributed by atoms with Crippen molar-refractivity contribution in [3.63, 3.8) is 0 Å². The van der Waals surface area contributed by atoms with Crippen LogP contribution in [0, 0.1) is 10.1 Å². The molecule has 4 aromatic heterocycles. The number of hydrogen-bond donors (Lipinski definition) is 1. The number of hydrogen-bond acceptors (Lipinski definition) is 8. The zero-order valence-electron chi connectivity index (χ0n) is 18.6. The van der Waals surface area contributed by atoms with Gasteiger partial charge in [0.15, 0.2) is 17.0 Å². The fourth-order valence-electron chi connectivity index (χ4n) is 3.44. The summed E-state index contributed by atoms with van der Waals surface area (Å²) in [6, 6.07) is 10.1. The molecule has 0 aliphatic heterocycles. The molecule has 0 spiro atoms. The highest BCUT2D eigenvalue weighted by atomic mass is 35.5. The Hall–Kier alpha value is -4.56. The van der Waals surface area contributed by atoms with Gasteiger partial charge < -0.3 is 10.1 Å². The van der Waals surface area contributed by atoms with Crippen LogP contribution >= 0.6 is 22.9 Å². The van der Waals surface area contributed by atoms with Gasteiger partial charge in [-0.2, -0.15) is 18.3 Å². The van der Waals surface area contributed by atoms with Gasteiger partial charge in [-0.15, -0.1) is 11.3 Å². The number of non-ortho nitro benzene ring substituents is 1. The van der Waals surface area contributed by atoms with Crippen LogP contribution in [-0.2, 0) is 6.18 Å².